The molecule has 2 aliphatic rings. The zero-order valence-electron chi connectivity index (χ0n) is 17.8. The van der Waals surface area contributed by atoms with E-state index in [-0.39, 0.29) is 10.8 Å². The van der Waals surface area contributed by atoms with Gasteiger partial charge in [-0.1, -0.05) is 24.3 Å². The summed E-state index contributed by atoms with van der Waals surface area (Å²) in [6.45, 7) is 3.39. The summed E-state index contributed by atoms with van der Waals surface area (Å²) in [5, 5.41) is 9.80. The normalized spacial score (nSPS) is 16.3. The standard InChI is InChI=1S/C23H25N5O3S/c1-27(21-10-9-20-22-18(21)3-2-4-19(22)23(29)25-20)15-16-5-7-17(8-6-16)32(30,31)26-28-13-11-24-12-14-28/h2-10,24,26H,11-15H2,1H3,(H,25,29). The van der Waals surface area contributed by atoms with E-state index < -0.39 is 10.0 Å². The highest BCUT2D eigenvalue weighted by Crippen LogP contribution is 2.38. The molecule has 3 aromatic rings. The van der Waals surface area contributed by atoms with Gasteiger partial charge in [-0.15, -0.1) is 4.83 Å². The lowest BCUT2D eigenvalue weighted by atomic mass is 10.0. The second-order valence-corrected chi connectivity index (χ2v) is 9.81. The molecular weight excluding hydrogens is 426 g/mol. The molecule has 0 atom stereocenters. The minimum atomic E-state index is -3.60. The lowest BCUT2D eigenvalue weighted by Crippen LogP contribution is -2.52. The number of carbonyl (C=O) groups is 1. The van der Waals surface area contributed by atoms with Crippen LogP contribution in [0.25, 0.3) is 10.8 Å². The van der Waals surface area contributed by atoms with Crippen LogP contribution in [0.5, 0.6) is 0 Å². The molecule has 2 aliphatic heterocycles. The van der Waals surface area contributed by atoms with Crippen molar-refractivity contribution < 1.29 is 13.2 Å². The van der Waals surface area contributed by atoms with Gasteiger partial charge in [0.1, 0.15) is 0 Å². The number of anilines is 2. The summed E-state index contributed by atoms with van der Waals surface area (Å²) >= 11 is 0. The van der Waals surface area contributed by atoms with Crippen molar-refractivity contribution in [3.05, 3.63) is 65.7 Å². The van der Waals surface area contributed by atoms with E-state index in [1.54, 1.807) is 17.1 Å². The number of hydrazine groups is 1. The topological polar surface area (TPSA) is 93.8 Å². The van der Waals surface area contributed by atoms with Gasteiger partial charge in [0.05, 0.1) is 4.90 Å². The molecule has 0 spiro atoms. The van der Waals surface area contributed by atoms with Gasteiger partial charge in [0.2, 0.25) is 0 Å². The predicted molar refractivity (Wildman–Crippen MR) is 125 cm³/mol. The second-order valence-electron chi connectivity index (χ2n) is 8.15. The number of carbonyl (C=O) groups excluding carboxylic acids is 1. The molecule has 3 N–H and O–H groups in total. The number of hydrogen-bond donors (Lipinski definition) is 3. The molecule has 0 radical (unpaired) electrons. The van der Waals surface area contributed by atoms with Gasteiger partial charge < -0.3 is 15.5 Å². The third kappa shape index (κ3) is 3.84. The summed E-state index contributed by atoms with van der Waals surface area (Å²) in [4.78, 5) is 17.2. The average molecular weight is 452 g/mol. The third-order valence-electron chi connectivity index (χ3n) is 5.94. The van der Waals surface area contributed by atoms with Crippen molar-refractivity contribution in [1.82, 2.24) is 15.2 Å². The Morgan fingerprint density at radius 2 is 1.78 bits per heavy atom. The van der Waals surface area contributed by atoms with Gasteiger partial charge in [-0.3, -0.25) is 4.79 Å². The Bertz CT molecular complexity index is 1280. The Labute approximate surface area is 187 Å². The van der Waals surface area contributed by atoms with Crippen LogP contribution in [-0.2, 0) is 16.6 Å². The molecule has 1 fully saturated rings. The van der Waals surface area contributed by atoms with Gasteiger partial charge in [-0.2, -0.15) is 0 Å². The van der Waals surface area contributed by atoms with Crippen molar-refractivity contribution in [2.75, 3.05) is 43.4 Å². The van der Waals surface area contributed by atoms with E-state index in [1.807, 2.05) is 49.5 Å². The highest BCUT2D eigenvalue weighted by molar-refractivity contribution is 7.89. The Morgan fingerprint density at radius 1 is 1.03 bits per heavy atom. The first kappa shape index (κ1) is 20.9. The highest BCUT2D eigenvalue weighted by Gasteiger charge is 2.23. The summed E-state index contributed by atoms with van der Waals surface area (Å²) in [6.07, 6.45) is 0. The van der Waals surface area contributed by atoms with Crippen molar-refractivity contribution in [2.24, 2.45) is 0 Å². The smallest absolute Gasteiger partial charge is 0.256 e. The van der Waals surface area contributed by atoms with Gasteiger partial charge in [-0.25, -0.2) is 13.4 Å². The molecule has 5 rings (SSSR count). The maximum Gasteiger partial charge on any atom is 0.256 e. The zero-order valence-corrected chi connectivity index (χ0v) is 18.6. The minimum absolute atomic E-state index is 0.0726. The molecule has 32 heavy (non-hydrogen) atoms. The van der Waals surface area contributed by atoms with E-state index in [4.69, 9.17) is 0 Å². The number of nitrogens with one attached hydrogen (secondary N) is 3. The van der Waals surface area contributed by atoms with Crippen LogP contribution in [-0.4, -0.2) is 52.6 Å². The van der Waals surface area contributed by atoms with Gasteiger partial charge in [0.15, 0.2) is 0 Å². The van der Waals surface area contributed by atoms with Crippen molar-refractivity contribution in [3.63, 3.8) is 0 Å². The molecule has 8 nitrogen and oxygen atoms in total. The van der Waals surface area contributed by atoms with Crippen LogP contribution in [0.3, 0.4) is 0 Å². The zero-order chi connectivity index (χ0) is 22.3. The van der Waals surface area contributed by atoms with Crippen LogP contribution < -0.4 is 20.4 Å². The number of benzene rings is 3. The molecule has 0 aromatic heterocycles. The van der Waals surface area contributed by atoms with Crippen molar-refractivity contribution in [1.29, 1.82) is 0 Å². The molecule has 166 valence electrons. The Balaban J connectivity index is 1.34. The molecule has 3 aromatic carbocycles. The molecule has 0 bridgehead atoms. The lowest BCUT2D eigenvalue weighted by molar-refractivity contribution is 0.103. The first-order chi connectivity index (χ1) is 15.4. The quantitative estimate of drug-likeness (QED) is 0.532. The summed E-state index contributed by atoms with van der Waals surface area (Å²) in [7, 11) is -1.61. The second kappa shape index (κ2) is 8.18. The van der Waals surface area contributed by atoms with E-state index in [1.165, 1.54) is 0 Å². The Kier molecular flexibility index (Phi) is 5.34. The van der Waals surface area contributed by atoms with E-state index in [0.29, 0.717) is 25.2 Å². The highest BCUT2D eigenvalue weighted by atomic mass is 32.2. The largest absolute Gasteiger partial charge is 0.370 e. The maximum atomic E-state index is 12.7. The number of sulfonamides is 1. The van der Waals surface area contributed by atoms with Gasteiger partial charge in [0, 0.05) is 67.5 Å². The van der Waals surface area contributed by atoms with E-state index >= 15 is 0 Å². The van der Waals surface area contributed by atoms with Crippen molar-refractivity contribution in [2.45, 2.75) is 11.4 Å². The molecule has 0 aliphatic carbocycles. The minimum Gasteiger partial charge on any atom is -0.370 e. The third-order valence-corrected chi connectivity index (χ3v) is 7.33. The molecule has 2 heterocycles. The Hall–Kier alpha value is -2.98. The number of piperazine rings is 1. The number of nitrogens with zero attached hydrogens (tertiary/aromatic N) is 2. The molecule has 0 unspecified atom stereocenters. The van der Waals surface area contributed by atoms with Crippen LogP contribution in [0.4, 0.5) is 11.4 Å². The summed E-state index contributed by atoms with van der Waals surface area (Å²) in [6, 6.07) is 16.7. The van der Waals surface area contributed by atoms with Crippen LogP contribution in [0.1, 0.15) is 15.9 Å². The molecule has 9 heteroatoms. The van der Waals surface area contributed by atoms with Crippen LogP contribution in [0.15, 0.2) is 59.5 Å². The van der Waals surface area contributed by atoms with Crippen LogP contribution in [0, 0.1) is 0 Å². The van der Waals surface area contributed by atoms with E-state index in [9.17, 15) is 13.2 Å². The summed E-state index contributed by atoms with van der Waals surface area (Å²) in [5.74, 6) is -0.0726. The predicted octanol–water partition coefficient (Wildman–Crippen LogP) is 2.14. The number of hydrogen-bond acceptors (Lipinski definition) is 6. The first-order valence-corrected chi connectivity index (χ1v) is 12.1. The molecule has 1 amide bonds. The fourth-order valence-electron chi connectivity index (χ4n) is 4.32. The molecule has 0 saturated carbocycles. The molecule has 1 saturated heterocycles. The fourth-order valence-corrected chi connectivity index (χ4v) is 5.44. The molecular formula is C23H25N5O3S. The van der Waals surface area contributed by atoms with Crippen LogP contribution in [0.2, 0.25) is 0 Å². The van der Waals surface area contributed by atoms with Crippen molar-refractivity contribution in [3.8, 4) is 0 Å². The summed E-state index contributed by atoms with van der Waals surface area (Å²) in [5.41, 5.74) is 3.54. The average Bonchev–Trinajstić information content (AvgIpc) is 3.12. The Morgan fingerprint density at radius 3 is 2.53 bits per heavy atom. The lowest BCUT2D eigenvalue weighted by Gasteiger charge is -2.27. The van der Waals surface area contributed by atoms with Gasteiger partial charge in [0.25, 0.3) is 15.9 Å². The number of amides is 1. The fraction of sp³-hybridized carbons (Fsp3) is 0.261. The van der Waals surface area contributed by atoms with Crippen molar-refractivity contribution >= 4 is 38.1 Å². The van der Waals surface area contributed by atoms with E-state index in [0.717, 1.165) is 40.8 Å². The van der Waals surface area contributed by atoms with E-state index in [2.05, 4.69) is 20.4 Å². The number of rotatable bonds is 6. The monoisotopic (exact) mass is 451 g/mol. The maximum absolute atomic E-state index is 12.7. The van der Waals surface area contributed by atoms with Gasteiger partial charge in [-0.05, 0) is 35.9 Å². The van der Waals surface area contributed by atoms with Gasteiger partial charge >= 0.3 is 0 Å². The SMILES string of the molecule is CN(Cc1ccc(S(=O)(=O)NN2CCNCC2)cc1)c1ccc2c3c(cccc13)C(=O)N2. The van der Waals surface area contributed by atoms with Crippen LogP contribution >= 0.6 is 0 Å². The summed E-state index contributed by atoms with van der Waals surface area (Å²) < 4.78 is 25.4. The first-order valence-electron chi connectivity index (χ1n) is 10.6.